The summed E-state index contributed by atoms with van der Waals surface area (Å²) in [5, 5.41) is 10.5. The Kier molecular flexibility index (Phi) is 6.12. The minimum atomic E-state index is -3.38. The van der Waals surface area contributed by atoms with Crippen LogP contribution in [0.15, 0.2) is 82.3 Å². The average Bonchev–Trinajstić information content (AvgIpc) is 3.47. The first-order valence-corrected chi connectivity index (χ1v) is 13.3. The second kappa shape index (κ2) is 9.26. The van der Waals surface area contributed by atoms with Crippen LogP contribution in [0.2, 0.25) is 5.02 Å². The summed E-state index contributed by atoms with van der Waals surface area (Å²) in [5.41, 5.74) is 1.35. The van der Waals surface area contributed by atoms with E-state index in [0.717, 1.165) is 10.5 Å². The first-order chi connectivity index (χ1) is 17.3. The number of carbonyl (C=O) groups excluding carboxylic acids is 2. The van der Waals surface area contributed by atoms with E-state index in [1.165, 1.54) is 6.08 Å². The molecule has 3 aromatic rings. The maximum absolute atomic E-state index is 13.7. The van der Waals surface area contributed by atoms with Gasteiger partial charge in [-0.15, -0.1) is 0 Å². The van der Waals surface area contributed by atoms with E-state index in [9.17, 15) is 23.3 Å². The number of benzene rings is 2. The molecule has 0 radical (unpaired) electrons. The van der Waals surface area contributed by atoms with Crippen LogP contribution in [0.5, 0.6) is 0 Å². The molecular weight excluding hydrogens is 500 g/mol. The van der Waals surface area contributed by atoms with Gasteiger partial charge in [-0.3, -0.25) is 14.5 Å². The van der Waals surface area contributed by atoms with Gasteiger partial charge in [0, 0.05) is 16.2 Å². The quantitative estimate of drug-likeness (QED) is 0.371. The Balaban J connectivity index is 1.65. The Morgan fingerprint density at radius 1 is 0.972 bits per heavy atom. The van der Waals surface area contributed by atoms with Gasteiger partial charge in [-0.2, -0.15) is 5.26 Å². The number of imide groups is 1. The maximum atomic E-state index is 13.7. The molecule has 5 rings (SSSR count). The zero-order valence-electron chi connectivity index (χ0n) is 18.8. The minimum absolute atomic E-state index is 0.0821. The van der Waals surface area contributed by atoms with Gasteiger partial charge in [0.05, 0.1) is 23.1 Å². The van der Waals surface area contributed by atoms with E-state index in [1.807, 2.05) is 6.07 Å². The summed E-state index contributed by atoms with van der Waals surface area (Å²) in [4.78, 5) is 28.0. The van der Waals surface area contributed by atoms with Gasteiger partial charge in [0.25, 0.3) is 11.8 Å². The molecule has 0 N–H and O–H groups in total. The minimum Gasteiger partial charge on any atom is -0.457 e. The van der Waals surface area contributed by atoms with Gasteiger partial charge in [-0.1, -0.05) is 41.9 Å². The highest BCUT2D eigenvalue weighted by atomic mass is 35.5. The van der Waals surface area contributed by atoms with Crippen molar-refractivity contribution in [3.63, 3.8) is 0 Å². The summed E-state index contributed by atoms with van der Waals surface area (Å²) in [6.07, 6.45) is 1.62. The highest BCUT2D eigenvalue weighted by molar-refractivity contribution is 7.91. The number of hydrogen-bond acceptors (Lipinski definition) is 6. The summed E-state index contributed by atoms with van der Waals surface area (Å²) in [5.74, 6) is -1.01. The van der Waals surface area contributed by atoms with E-state index >= 15 is 0 Å². The van der Waals surface area contributed by atoms with E-state index < -0.39 is 27.7 Å². The third kappa shape index (κ3) is 4.39. The largest absolute Gasteiger partial charge is 0.457 e. The molecule has 0 aliphatic carbocycles. The Hall–Kier alpha value is -3.93. The molecule has 2 aromatic carbocycles. The van der Waals surface area contributed by atoms with Gasteiger partial charge >= 0.3 is 0 Å². The molecule has 9 heteroatoms. The topological polar surface area (TPSA) is 108 Å². The van der Waals surface area contributed by atoms with Crippen molar-refractivity contribution in [1.82, 2.24) is 4.90 Å². The zero-order chi connectivity index (χ0) is 25.4. The van der Waals surface area contributed by atoms with E-state index in [-0.39, 0.29) is 34.6 Å². The second-order valence-corrected chi connectivity index (χ2v) is 11.2. The van der Waals surface area contributed by atoms with Crippen molar-refractivity contribution in [3.05, 3.63) is 94.2 Å². The second-order valence-electron chi connectivity index (χ2n) is 8.53. The Morgan fingerprint density at radius 2 is 1.69 bits per heavy atom. The van der Waals surface area contributed by atoms with Crippen molar-refractivity contribution >= 4 is 44.9 Å². The molecule has 0 saturated carbocycles. The maximum Gasteiger partial charge on any atom is 0.272 e. The first kappa shape index (κ1) is 23.8. The molecule has 180 valence electrons. The van der Waals surface area contributed by atoms with Gasteiger partial charge in [0.1, 0.15) is 23.2 Å². The number of nitriles is 1. The van der Waals surface area contributed by atoms with E-state index in [4.69, 9.17) is 16.0 Å². The molecular formula is C27H19ClN2O5S. The molecule has 3 heterocycles. The average molecular weight is 519 g/mol. The lowest BCUT2D eigenvalue weighted by Gasteiger charge is -2.32. The van der Waals surface area contributed by atoms with Gasteiger partial charge in [0.15, 0.2) is 9.84 Å². The number of hydrogen-bond donors (Lipinski definition) is 0. The highest BCUT2D eigenvalue weighted by Crippen LogP contribution is 2.37. The summed E-state index contributed by atoms with van der Waals surface area (Å²) >= 11 is 5.97. The van der Waals surface area contributed by atoms with Gasteiger partial charge in [-0.05, 0) is 54.5 Å². The SMILES string of the molecule is N#CC1=C(c2ccccc2)/C(=C/c2ccc(-c3ccc(Cl)cc3)o2)C(=O)N([C@H]2CCS(=O)(=O)C2)C1=O. The number of rotatable bonds is 4. The number of sulfone groups is 1. The normalized spacial score (nSPS) is 20.7. The summed E-state index contributed by atoms with van der Waals surface area (Å²) in [7, 11) is -3.38. The van der Waals surface area contributed by atoms with Crippen LogP contribution in [0.25, 0.3) is 23.0 Å². The molecule has 1 aromatic heterocycles. The van der Waals surface area contributed by atoms with Crippen molar-refractivity contribution in [1.29, 1.82) is 5.26 Å². The van der Waals surface area contributed by atoms with Crippen LogP contribution in [0.3, 0.4) is 0 Å². The van der Waals surface area contributed by atoms with Crippen molar-refractivity contribution in [3.8, 4) is 17.4 Å². The van der Waals surface area contributed by atoms with Crippen LogP contribution in [0, 0.1) is 11.3 Å². The predicted molar refractivity (Wildman–Crippen MR) is 135 cm³/mol. The smallest absolute Gasteiger partial charge is 0.272 e. The number of amides is 2. The van der Waals surface area contributed by atoms with Gasteiger partial charge in [-0.25, -0.2) is 8.42 Å². The number of carbonyl (C=O) groups is 2. The molecule has 1 fully saturated rings. The van der Waals surface area contributed by atoms with Crippen LogP contribution in [0.1, 0.15) is 17.7 Å². The molecule has 2 amide bonds. The molecule has 7 nitrogen and oxygen atoms in total. The van der Waals surface area contributed by atoms with Crippen molar-refractivity contribution in [2.24, 2.45) is 0 Å². The van der Waals surface area contributed by atoms with Crippen LogP contribution >= 0.6 is 11.6 Å². The lowest BCUT2D eigenvalue weighted by molar-refractivity contribution is -0.142. The molecule has 1 atom stereocenters. The highest BCUT2D eigenvalue weighted by Gasteiger charge is 2.45. The fourth-order valence-electron chi connectivity index (χ4n) is 4.49. The van der Waals surface area contributed by atoms with E-state index in [2.05, 4.69) is 0 Å². The summed E-state index contributed by atoms with van der Waals surface area (Å²) < 4.78 is 30.2. The van der Waals surface area contributed by atoms with E-state index in [0.29, 0.717) is 22.1 Å². The monoisotopic (exact) mass is 518 g/mol. The Morgan fingerprint density at radius 3 is 2.33 bits per heavy atom. The van der Waals surface area contributed by atoms with Crippen molar-refractivity contribution < 1.29 is 22.4 Å². The molecule has 0 spiro atoms. The van der Waals surface area contributed by atoms with Gasteiger partial charge in [0.2, 0.25) is 0 Å². The molecule has 2 aliphatic rings. The number of nitrogens with zero attached hydrogens (tertiary/aromatic N) is 2. The fraction of sp³-hybridized carbons (Fsp3) is 0.148. The third-order valence-corrected chi connectivity index (χ3v) is 8.19. The lowest BCUT2D eigenvalue weighted by atomic mass is 9.87. The molecule has 1 saturated heterocycles. The molecule has 0 bridgehead atoms. The first-order valence-electron chi connectivity index (χ1n) is 11.1. The number of halogens is 1. The Bertz CT molecular complexity index is 1580. The number of furan rings is 1. The van der Waals surface area contributed by atoms with E-state index in [1.54, 1.807) is 66.7 Å². The fourth-order valence-corrected chi connectivity index (χ4v) is 6.31. The van der Waals surface area contributed by atoms with Crippen molar-refractivity contribution in [2.45, 2.75) is 12.5 Å². The van der Waals surface area contributed by atoms with Gasteiger partial charge < -0.3 is 4.42 Å². The van der Waals surface area contributed by atoms with Crippen LogP contribution in [-0.4, -0.2) is 42.7 Å². The Labute approximate surface area is 212 Å². The summed E-state index contributed by atoms with van der Waals surface area (Å²) in [6, 6.07) is 20.3. The third-order valence-electron chi connectivity index (χ3n) is 6.19. The molecule has 36 heavy (non-hydrogen) atoms. The van der Waals surface area contributed by atoms with Crippen LogP contribution in [-0.2, 0) is 19.4 Å². The zero-order valence-corrected chi connectivity index (χ0v) is 20.4. The molecule has 0 unspecified atom stereocenters. The van der Waals surface area contributed by atoms with Crippen LogP contribution < -0.4 is 0 Å². The molecule has 2 aliphatic heterocycles. The van der Waals surface area contributed by atoms with Crippen molar-refractivity contribution in [2.75, 3.05) is 11.5 Å². The lowest BCUT2D eigenvalue weighted by Crippen LogP contribution is -2.49. The standard InChI is InChI=1S/C27H19ClN2O5S/c28-19-8-6-17(7-9-19)24-11-10-21(35-24)14-22-25(18-4-2-1-3-5-18)23(15-29)27(32)30(26(22)31)20-12-13-36(33,34)16-20/h1-11,14,20H,12-13,16H2/b22-14-/t20-/m0/s1. The summed E-state index contributed by atoms with van der Waals surface area (Å²) in [6.45, 7) is 0. The predicted octanol–water partition coefficient (Wildman–Crippen LogP) is 4.52. The van der Waals surface area contributed by atoms with Crippen LogP contribution in [0.4, 0.5) is 0 Å².